The maximum absolute atomic E-state index is 12.4. The summed E-state index contributed by atoms with van der Waals surface area (Å²) in [6.07, 6.45) is 7.66. The van der Waals surface area contributed by atoms with Gasteiger partial charge in [0, 0.05) is 18.8 Å². The Labute approximate surface area is 125 Å². The molecule has 21 heavy (non-hydrogen) atoms. The molecule has 0 aliphatic carbocycles. The van der Waals surface area contributed by atoms with Crippen LogP contribution in [0.15, 0.2) is 42.7 Å². The number of piperidine rings is 1. The molecule has 1 aromatic heterocycles. The summed E-state index contributed by atoms with van der Waals surface area (Å²) in [6, 6.07) is 10.3. The van der Waals surface area contributed by atoms with E-state index in [4.69, 9.17) is 0 Å². The Balaban J connectivity index is 1.68. The van der Waals surface area contributed by atoms with E-state index in [1.807, 2.05) is 46.1 Å². The summed E-state index contributed by atoms with van der Waals surface area (Å²) < 4.78 is 1.82. The summed E-state index contributed by atoms with van der Waals surface area (Å²) in [4.78, 5) is 14.4. The van der Waals surface area contributed by atoms with Gasteiger partial charge in [0.25, 0.3) is 0 Å². The Hall–Kier alpha value is -2.10. The van der Waals surface area contributed by atoms with Crippen LogP contribution in [0.5, 0.6) is 0 Å². The molecule has 1 aliphatic rings. The van der Waals surface area contributed by atoms with Gasteiger partial charge in [-0.2, -0.15) is 5.10 Å². The molecule has 0 spiro atoms. The number of rotatable bonds is 3. The van der Waals surface area contributed by atoms with Crippen molar-refractivity contribution in [3.63, 3.8) is 0 Å². The van der Waals surface area contributed by atoms with Crippen LogP contribution < -0.4 is 0 Å². The Morgan fingerprint density at radius 1 is 1.29 bits per heavy atom. The van der Waals surface area contributed by atoms with Gasteiger partial charge in [-0.05, 0) is 43.9 Å². The first-order valence-corrected chi connectivity index (χ1v) is 7.62. The quantitative estimate of drug-likeness (QED) is 0.868. The zero-order valence-electron chi connectivity index (χ0n) is 12.4. The standard InChI is InChI=1S/C17H21N3O/c1-14-7-5-6-10-19(14)17(21)11-15-12-18-20(13-15)16-8-3-2-4-9-16/h2-4,8-9,12-14H,5-7,10-11H2,1H3. The molecule has 2 heterocycles. The predicted molar refractivity (Wildman–Crippen MR) is 82.3 cm³/mol. The van der Waals surface area contributed by atoms with Crippen LogP contribution in [0, 0.1) is 0 Å². The van der Waals surface area contributed by atoms with E-state index in [1.165, 1.54) is 6.42 Å². The van der Waals surface area contributed by atoms with E-state index in [-0.39, 0.29) is 5.91 Å². The molecule has 2 aromatic rings. The summed E-state index contributed by atoms with van der Waals surface area (Å²) in [5, 5.41) is 4.35. The van der Waals surface area contributed by atoms with Crippen molar-refractivity contribution in [2.24, 2.45) is 0 Å². The Morgan fingerprint density at radius 2 is 2.10 bits per heavy atom. The molecule has 4 nitrogen and oxygen atoms in total. The number of hydrogen-bond acceptors (Lipinski definition) is 2. The molecule has 1 amide bonds. The second-order valence-electron chi connectivity index (χ2n) is 5.74. The Morgan fingerprint density at radius 3 is 2.86 bits per heavy atom. The van der Waals surface area contributed by atoms with E-state index in [0.29, 0.717) is 12.5 Å². The second-order valence-corrected chi connectivity index (χ2v) is 5.74. The van der Waals surface area contributed by atoms with Gasteiger partial charge in [0.15, 0.2) is 0 Å². The fourth-order valence-electron chi connectivity index (χ4n) is 2.92. The molecule has 0 radical (unpaired) electrons. The fraction of sp³-hybridized carbons (Fsp3) is 0.412. The highest BCUT2D eigenvalue weighted by molar-refractivity contribution is 5.79. The van der Waals surface area contributed by atoms with Gasteiger partial charge in [-0.3, -0.25) is 4.79 Å². The maximum Gasteiger partial charge on any atom is 0.227 e. The Bertz CT molecular complexity index is 606. The van der Waals surface area contributed by atoms with E-state index >= 15 is 0 Å². The average Bonchev–Trinajstić information content (AvgIpc) is 2.97. The largest absolute Gasteiger partial charge is 0.340 e. The molecule has 1 aromatic carbocycles. The van der Waals surface area contributed by atoms with E-state index in [1.54, 1.807) is 6.20 Å². The first-order valence-electron chi connectivity index (χ1n) is 7.62. The van der Waals surface area contributed by atoms with Gasteiger partial charge in [-0.1, -0.05) is 18.2 Å². The molecule has 3 rings (SSSR count). The molecular formula is C17H21N3O. The number of nitrogens with zero attached hydrogens (tertiary/aromatic N) is 3. The lowest BCUT2D eigenvalue weighted by Crippen LogP contribution is -2.42. The average molecular weight is 283 g/mol. The summed E-state index contributed by atoms with van der Waals surface area (Å²) in [5.41, 5.74) is 1.99. The molecular weight excluding hydrogens is 262 g/mol. The van der Waals surface area contributed by atoms with Gasteiger partial charge in [-0.25, -0.2) is 4.68 Å². The highest BCUT2D eigenvalue weighted by atomic mass is 16.2. The van der Waals surface area contributed by atoms with Gasteiger partial charge >= 0.3 is 0 Å². The first-order chi connectivity index (χ1) is 10.2. The predicted octanol–water partition coefficient (Wildman–Crippen LogP) is 2.82. The number of carbonyl (C=O) groups is 1. The monoisotopic (exact) mass is 283 g/mol. The van der Waals surface area contributed by atoms with Crippen LogP contribution in [0.3, 0.4) is 0 Å². The van der Waals surface area contributed by atoms with Crippen LogP contribution in [0.2, 0.25) is 0 Å². The zero-order valence-corrected chi connectivity index (χ0v) is 12.4. The van der Waals surface area contributed by atoms with Crippen LogP contribution >= 0.6 is 0 Å². The molecule has 0 bridgehead atoms. The second kappa shape index (κ2) is 6.12. The summed E-state index contributed by atoms with van der Waals surface area (Å²) in [7, 11) is 0. The maximum atomic E-state index is 12.4. The fourth-order valence-corrected chi connectivity index (χ4v) is 2.92. The Kier molecular flexibility index (Phi) is 4.04. The third-order valence-corrected chi connectivity index (χ3v) is 4.14. The van der Waals surface area contributed by atoms with Crippen LogP contribution in [0.1, 0.15) is 31.7 Å². The minimum absolute atomic E-state index is 0.217. The summed E-state index contributed by atoms with van der Waals surface area (Å²) in [6.45, 7) is 3.04. The molecule has 1 aliphatic heterocycles. The molecule has 0 saturated carbocycles. The van der Waals surface area contributed by atoms with Crippen molar-refractivity contribution in [1.82, 2.24) is 14.7 Å². The lowest BCUT2D eigenvalue weighted by atomic mass is 10.0. The SMILES string of the molecule is CC1CCCCN1C(=O)Cc1cnn(-c2ccccc2)c1. The number of para-hydroxylation sites is 1. The van der Waals surface area contributed by atoms with Gasteiger partial charge in [0.2, 0.25) is 5.91 Å². The van der Waals surface area contributed by atoms with Crippen LogP contribution in [-0.2, 0) is 11.2 Å². The van der Waals surface area contributed by atoms with Crippen molar-refractivity contribution in [3.05, 3.63) is 48.3 Å². The first kappa shape index (κ1) is 13.9. The van der Waals surface area contributed by atoms with Gasteiger partial charge in [0.1, 0.15) is 0 Å². The number of hydrogen-bond donors (Lipinski definition) is 0. The third-order valence-electron chi connectivity index (χ3n) is 4.14. The molecule has 1 fully saturated rings. The summed E-state index contributed by atoms with van der Waals surface area (Å²) >= 11 is 0. The van der Waals surface area contributed by atoms with Crippen molar-refractivity contribution >= 4 is 5.91 Å². The van der Waals surface area contributed by atoms with E-state index in [9.17, 15) is 4.79 Å². The number of aromatic nitrogens is 2. The van der Waals surface area contributed by atoms with Crippen molar-refractivity contribution < 1.29 is 4.79 Å². The van der Waals surface area contributed by atoms with Crippen molar-refractivity contribution in [3.8, 4) is 5.69 Å². The van der Waals surface area contributed by atoms with Crippen molar-refractivity contribution in [2.45, 2.75) is 38.6 Å². The van der Waals surface area contributed by atoms with Crippen LogP contribution in [0.4, 0.5) is 0 Å². The summed E-state index contributed by atoms with van der Waals surface area (Å²) in [5.74, 6) is 0.217. The molecule has 1 atom stereocenters. The van der Waals surface area contributed by atoms with Crippen molar-refractivity contribution in [1.29, 1.82) is 0 Å². The van der Waals surface area contributed by atoms with E-state index < -0.39 is 0 Å². The van der Waals surface area contributed by atoms with E-state index in [2.05, 4.69) is 12.0 Å². The molecule has 1 saturated heterocycles. The highest BCUT2D eigenvalue weighted by Gasteiger charge is 2.23. The van der Waals surface area contributed by atoms with Crippen LogP contribution in [0.25, 0.3) is 5.69 Å². The molecule has 0 N–H and O–H groups in total. The lowest BCUT2D eigenvalue weighted by molar-refractivity contribution is -0.133. The minimum atomic E-state index is 0.217. The number of benzene rings is 1. The lowest BCUT2D eigenvalue weighted by Gasteiger charge is -2.33. The van der Waals surface area contributed by atoms with Crippen molar-refractivity contribution in [2.75, 3.05) is 6.54 Å². The zero-order chi connectivity index (χ0) is 14.7. The third kappa shape index (κ3) is 3.15. The van der Waals surface area contributed by atoms with Gasteiger partial charge < -0.3 is 4.90 Å². The normalized spacial score (nSPS) is 18.7. The van der Waals surface area contributed by atoms with Gasteiger partial charge in [-0.15, -0.1) is 0 Å². The number of amides is 1. The molecule has 110 valence electrons. The molecule has 1 unspecified atom stereocenters. The van der Waals surface area contributed by atoms with E-state index in [0.717, 1.165) is 30.6 Å². The number of likely N-dealkylation sites (tertiary alicyclic amines) is 1. The topological polar surface area (TPSA) is 38.1 Å². The highest BCUT2D eigenvalue weighted by Crippen LogP contribution is 2.18. The molecule has 4 heteroatoms. The smallest absolute Gasteiger partial charge is 0.227 e. The van der Waals surface area contributed by atoms with Gasteiger partial charge in [0.05, 0.1) is 18.3 Å². The number of carbonyl (C=O) groups excluding carboxylic acids is 1. The minimum Gasteiger partial charge on any atom is -0.340 e. The van der Waals surface area contributed by atoms with Crippen LogP contribution in [-0.4, -0.2) is 33.2 Å².